The lowest BCUT2D eigenvalue weighted by atomic mass is 10.0. The summed E-state index contributed by atoms with van der Waals surface area (Å²) in [5.74, 6) is 3.47. The number of benzene rings is 1. The van der Waals surface area contributed by atoms with Gasteiger partial charge in [-0.15, -0.1) is 10.2 Å². The number of rotatable bonds is 4. The molecule has 0 amide bonds. The van der Waals surface area contributed by atoms with Gasteiger partial charge in [-0.25, -0.2) is 9.97 Å². The van der Waals surface area contributed by atoms with Gasteiger partial charge in [0.2, 0.25) is 5.95 Å². The van der Waals surface area contributed by atoms with Crippen LogP contribution in [-0.2, 0) is 0 Å². The van der Waals surface area contributed by atoms with E-state index in [0.29, 0.717) is 12.0 Å². The molecule has 6 rings (SSSR count). The smallest absolute Gasteiger partial charge is 0.237 e. The van der Waals surface area contributed by atoms with Crippen LogP contribution < -0.4 is 4.90 Å². The van der Waals surface area contributed by atoms with E-state index < -0.39 is 0 Å². The average Bonchev–Trinajstić information content (AvgIpc) is 3.60. The Hall–Kier alpha value is -3.55. The van der Waals surface area contributed by atoms with Crippen LogP contribution in [0, 0.1) is 6.92 Å². The van der Waals surface area contributed by atoms with Crippen molar-refractivity contribution in [3.8, 4) is 22.9 Å². The van der Waals surface area contributed by atoms with Gasteiger partial charge >= 0.3 is 0 Å². The molecule has 8 nitrogen and oxygen atoms in total. The maximum atomic E-state index is 5.10. The molecule has 0 N–H and O–H groups in total. The monoisotopic (exact) mass is 426 g/mol. The molecule has 1 aromatic carbocycles. The molecule has 0 spiro atoms. The third-order valence-electron chi connectivity index (χ3n) is 6.69. The molecule has 162 valence electrons. The van der Waals surface area contributed by atoms with Gasteiger partial charge in [0.1, 0.15) is 17.8 Å². The number of hydrogen-bond acceptors (Lipinski definition) is 6. The molecule has 1 saturated carbocycles. The van der Waals surface area contributed by atoms with E-state index in [9.17, 15) is 0 Å². The molecule has 1 fully saturated rings. The van der Waals surface area contributed by atoms with E-state index in [1.807, 2.05) is 42.1 Å². The van der Waals surface area contributed by atoms with E-state index >= 15 is 0 Å². The predicted molar refractivity (Wildman–Crippen MR) is 122 cm³/mol. The average molecular weight is 427 g/mol. The van der Waals surface area contributed by atoms with Crippen LogP contribution in [0.25, 0.3) is 22.9 Å². The molecule has 0 bridgehead atoms. The second kappa shape index (κ2) is 7.55. The van der Waals surface area contributed by atoms with Gasteiger partial charge in [0.15, 0.2) is 11.6 Å². The van der Waals surface area contributed by atoms with Crippen molar-refractivity contribution in [2.24, 2.45) is 0 Å². The molecule has 0 radical (unpaired) electrons. The van der Waals surface area contributed by atoms with Crippen molar-refractivity contribution < 1.29 is 0 Å². The van der Waals surface area contributed by atoms with Gasteiger partial charge < -0.3 is 4.90 Å². The van der Waals surface area contributed by atoms with E-state index in [2.05, 4.69) is 43.7 Å². The number of hydrogen-bond donors (Lipinski definition) is 0. The summed E-state index contributed by atoms with van der Waals surface area (Å²) < 4.78 is 4.03. The molecule has 2 aliphatic rings. The molecule has 1 aliphatic heterocycles. The summed E-state index contributed by atoms with van der Waals surface area (Å²) in [6.07, 6.45) is 11.5. The highest BCUT2D eigenvalue weighted by Gasteiger charge is 2.39. The second-order valence-electron chi connectivity index (χ2n) is 8.62. The highest BCUT2D eigenvalue weighted by Crippen LogP contribution is 2.43. The van der Waals surface area contributed by atoms with Crippen molar-refractivity contribution in [1.29, 1.82) is 0 Å². The number of nitrogens with zero attached hydrogens (tertiary/aromatic N) is 8. The molecule has 0 unspecified atom stereocenters. The van der Waals surface area contributed by atoms with Crippen LogP contribution in [0.2, 0.25) is 0 Å². The molecule has 8 heteroatoms. The zero-order chi connectivity index (χ0) is 21.7. The quantitative estimate of drug-likeness (QED) is 0.480. The van der Waals surface area contributed by atoms with Crippen molar-refractivity contribution in [2.75, 3.05) is 4.90 Å². The number of aryl methyl sites for hydroxylation is 1. The maximum absolute atomic E-state index is 5.10. The summed E-state index contributed by atoms with van der Waals surface area (Å²) in [5.41, 5.74) is 2.95. The first kappa shape index (κ1) is 19.2. The summed E-state index contributed by atoms with van der Waals surface area (Å²) in [7, 11) is 0. The Morgan fingerprint density at radius 1 is 1.03 bits per heavy atom. The fourth-order valence-electron chi connectivity index (χ4n) is 5.17. The Morgan fingerprint density at radius 3 is 2.62 bits per heavy atom. The van der Waals surface area contributed by atoms with Crippen LogP contribution in [0.1, 0.15) is 56.7 Å². The highest BCUT2D eigenvalue weighted by atomic mass is 15.4. The van der Waals surface area contributed by atoms with Crippen molar-refractivity contribution >= 4 is 5.82 Å². The van der Waals surface area contributed by atoms with Crippen molar-refractivity contribution in [2.45, 2.75) is 58.0 Å². The van der Waals surface area contributed by atoms with Crippen LogP contribution in [0.15, 0.2) is 49.1 Å². The SMILES string of the molecule is CC[C@@H]1c2nnc(C)n2-c2cnc(-n3cnc(-c4ccccc4)c3)nc2N1C1CCCC1. The van der Waals surface area contributed by atoms with Gasteiger partial charge in [-0.3, -0.25) is 9.13 Å². The van der Waals surface area contributed by atoms with Gasteiger partial charge in [-0.1, -0.05) is 50.1 Å². The Morgan fingerprint density at radius 2 is 1.84 bits per heavy atom. The maximum Gasteiger partial charge on any atom is 0.237 e. The van der Waals surface area contributed by atoms with Gasteiger partial charge in [0.25, 0.3) is 0 Å². The van der Waals surface area contributed by atoms with Crippen molar-refractivity contribution in [3.05, 3.63) is 60.7 Å². The molecule has 0 saturated heterocycles. The van der Waals surface area contributed by atoms with Crippen molar-refractivity contribution in [3.63, 3.8) is 0 Å². The van der Waals surface area contributed by atoms with Crippen LogP contribution in [0.3, 0.4) is 0 Å². The number of fused-ring (bicyclic) bond motifs is 3. The zero-order valence-electron chi connectivity index (χ0n) is 18.4. The molecular formula is C24H26N8. The number of imidazole rings is 1. The molecule has 4 aromatic rings. The lowest BCUT2D eigenvalue weighted by Gasteiger charge is -2.41. The fourth-order valence-corrected chi connectivity index (χ4v) is 5.17. The topological polar surface area (TPSA) is 77.5 Å². The molecule has 1 atom stereocenters. The van der Waals surface area contributed by atoms with E-state index in [-0.39, 0.29) is 6.04 Å². The predicted octanol–water partition coefficient (Wildman–Crippen LogP) is 4.43. The summed E-state index contributed by atoms with van der Waals surface area (Å²) in [4.78, 5) is 16.9. The van der Waals surface area contributed by atoms with Crippen LogP contribution >= 0.6 is 0 Å². The molecule has 1 aliphatic carbocycles. The standard InChI is InChI=1S/C24H26N8/c1-3-20-23-29-28-16(2)31(23)21-13-25-24(27-22(21)32(20)18-11-7-8-12-18)30-14-19(26-15-30)17-9-5-4-6-10-17/h4-6,9-10,13-15,18,20H,3,7-8,11-12H2,1-2H3/t20-/m1/s1. The first-order valence-electron chi connectivity index (χ1n) is 11.4. The Labute approximate surface area is 187 Å². The van der Waals surface area contributed by atoms with Crippen LogP contribution in [0.5, 0.6) is 0 Å². The third-order valence-corrected chi connectivity index (χ3v) is 6.69. The minimum absolute atomic E-state index is 0.164. The largest absolute Gasteiger partial charge is 0.341 e. The van der Waals surface area contributed by atoms with Gasteiger partial charge in [0.05, 0.1) is 17.9 Å². The van der Waals surface area contributed by atoms with E-state index in [0.717, 1.165) is 40.8 Å². The summed E-state index contributed by atoms with van der Waals surface area (Å²) in [5, 5.41) is 8.94. The first-order chi connectivity index (χ1) is 15.7. The van der Waals surface area contributed by atoms with Crippen LogP contribution in [-0.4, -0.2) is 40.3 Å². The van der Waals surface area contributed by atoms with E-state index in [1.165, 1.54) is 25.7 Å². The summed E-state index contributed by atoms with van der Waals surface area (Å²) >= 11 is 0. The highest BCUT2D eigenvalue weighted by molar-refractivity contribution is 5.64. The summed E-state index contributed by atoms with van der Waals surface area (Å²) in [6.45, 7) is 4.21. The Bertz CT molecular complexity index is 1250. The fraction of sp³-hybridized carbons (Fsp3) is 0.375. The number of aromatic nitrogens is 7. The Balaban J connectivity index is 1.48. The first-order valence-corrected chi connectivity index (χ1v) is 11.4. The molecule has 3 aromatic heterocycles. The van der Waals surface area contributed by atoms with E-state index in [4.69, 9.17) is 9.97 Å². The second-order valence-corrected chi connectivity index (χ2v) is 8.62. The molecule has 32 heavy (non-hydrogen) atoms. The van der Waals surface area contributed by atoms with E-state index in [1.54, 1.807) is 6.33 Å². The molecule has 4 heterocycles. The Kier molecular flexibility index (Phi) is 4.52. The lowest BCUT2D eigenvalue weighted by molar-refractivity contribution is 0.467. The van der Waals surface area contributed by atoms with Gasteiger partial charge in [-0.2, -0.15) is 4.98 Å². The minimum Gasteiger partial charge on any atom is -0.341 e. The van der Waals surface area contributed by atoms with Gasteiger partial charge in [0, 0.05) is 17.8 Å². The number of anilines is 1. The lowest BCUT2D eigenvalue weighted by Crippen LogP contribution is -2.42. The molecular weight excluding hydrogens is 400 g/mol. The minimum atomic E-state index is 0.164. The van der Waals surface area contributed by atoms with Gasteiger partial charge in [-0.05, 0) is 26.2 Å². The van der Waals surface area contributed by atoms with Crippen molar-refractivity contribution in [1.82, 2.24) is 34.3 Å². The zero-order valence-corrected chi connectivity index (χ0v) is 18.4. The normalized spacial score (nSPS) is 18.1. The van der Waals surface area contributed by atoms with Crippen LogP contribution in [0.4, 0.5) is 5.82 Å². The third kappa shape index (κ3) is 2.93. The summed E-state index contributed by atoms with van der Waals surface area (Å²) in [6, 6.07) is 10.8.